The van der Waals surface area contributed by atoms with Gasteiger partial charge in [-0.05, 0) is 68.4 Å². The molecule has 0 aromatic carbocycles. The fraction of sp³-hybridized carbons (Fsp3) is 0.852. The standard InChI is InChI=1S/C27H46Br2O10S3/c1-25(2,3)15-38-41(30,31)13-9-7-11-34-17-27(19-36-21-22(37-20-27)24(29)40-23(21)28)18-35-12-8-10-14-42(32,33)39-16-26(4,5)6/h7-20H2,1-6H3. The summed E-state index contributed by atoms with van der Waals surface area (Å²) >= 11 is 8.49. The Bertz CT molecular complexity index is 1100. The Hall–Kier alpha value is -0.000000000000000167. The predicted octanol–water partition coefficient (Wildman–Crippen LogP) is 6.41. The first-order valence-electron chi connectivity index (χ1n) is 14.0. The number of halogens is 2. The van der Waals surface area contributed by atoms with E-state index in [1.54, 1.807) is 0 Å². The molecule has 10 nitrogen and oxygen atoms in total. The van der Waals surface area contributed by atoms with Gasteiger partial charge in [0.1, 0.15) is 20.8 Å². The van der Waals surface area contributed by atoms with Crippen molar-refractivity contribution in [2.24, 2.45) is 16.2 Å². The van der Waals surface area contributed by atoms with Crippen molar-refractivity contribution in [3.8, 4) is 11.5 Å². The maximum Gasteiger partial charge on any atom is 0.267 e. The number of ether oxygens (including phenoxy) is 4. The van der Waals surface area contributed by atoms with E-state index in [9.17, 15) is 16.8 Å². The van der Waals surface area contributed by atoms with E-state index < -0.39 is 25.7 Å². The van der Waals surface area contributed by atoms with Gasteiger partial charge in [-0.1, -0.05) is 41.5 Å². The minimum Gasteiger partial charge on any atom is -0.487 e. The topological polar surface area (TPSA) is 124 Å². The SMILES string of the molecule is CC(C)(C)COS(=O)(=O)CCCCOCC1(COCCCCS(=O)(=O)OCC(C)(C)C)COc2c(Br)sc(Br)c2OC1. The van der Waals surface area contributed by atoms with E-state index in [1.165, 1.54) is 11.3 Å². The molecule has 0 unspecified atom stereocenters. The monoisotopic (exact) mass is 784 g/mol. The van der Waals surface area contributed by atoms with E-state index in [1.807, 2.05) is 41.5 Å². The molecular weight excluding hydrogens is 740 g/mol. The van der Waals surface area contributed by atoms with Crippen LogP contribution in [0.4, 0.5) is 0 Å². The molecule has 0 saturated carbocycles. The molecule has 2 heterocycles. The first-order valence-corrected chi connectivity index (χ1v) is 19.5. The van der Waals surface area contributed by atoms with Crippen molar-refractivity contribution >= 4 is 63.4 Å². The fourth-order valence-corrected chi connectivity index (χ4v) is 8.76. The van der Waals surface area contributed by atoms with Crippen LogP contribution in [0.3, 0.4) is 0 Å². The molecule has 0 atom stereocenters. The second-order valence-electron chi connectivity index (χ2n) is 13.1. The molecule has 246 valence electrons. The Morgan fingerprint density at radius 2 is 1.10 bits per heavy atom. The lowest BCUT2D eigenvalue weighted by Gasteiger charge is -2.30. The van der Waals surface area contributed by atoms with Crippen LogP contribution >= 0.6 is 43.2 Å². The van der Waals surface area contributed by atoms with E-state index in [0.29, 0.717) is 50.4 Å². The third-order valence-electron chi connectivity index (χ3n) is 5.81. The first kappa shape index (κ1) is 38.2. The van der Waals surface area contributed by atoms with Crippen LogP contribution in [-0.4, -0.2) is 81.2 Å². The molecule has 0 radical (unpaired) electrons. The number of rotatable bonds is 18. The normalized spacial score (nSPS) is 16.0. The quantitative estimate of drug-likeness (QED) is 0.122. The van der Waals surface area contributed by atoms with Gasteiger partial charge in [0.05, 0.1) is 43.3 Å². The molecule has 1 aliphatic heterocycles. The van der Waals surface area contributed by atoms with Gasteiger partial charge in [-0.3, -0.25) is 8.37 Å². The van der Waals surface area contributed by atoms with Gasteiger partial charge in [0.15, 0.2) is 11.5 Å². The Labute approximate surface area is 273 Å². The van der Waals surface area contributed by atoms with Crippen LogP contribution in [0.15, 0.2) is 7.57 Å². The van der Waals surface area contributed by atoms with E-state index in [0.717, 1.165) is 7.57 Å². The molecule has 0 N–H and O–H groups in total. The fourth-order valence-electron chi connectivity index (χ4n) is 3.49. The van der Waals surface area contributed by atoms with E-state index in [4.69, 9.17) is 27.3 Å². The number of thiophene rings is 1. The zero-order valence-corrected chi connectivity index (χ0v) is 31.1. The smallest absolute Gasteiger partial charge is 0.267 e. The molecule has 1 aromatic rings. The molecule has 0 bridgehead atoms. The second kappa shape index (κ2) is 16.5. The largest absolute Gasteiger partial charge is 0.487 e. The molecule has 0 amide bonds. The zero-order valence-electron chi connectivity index (χ0n) is 25.5. The summed E-state index contributed by atoms with van der Waals surface area (Å²) in [5.41, 5.74) is -1.09. The molecule has 15 heteroatoms. The highest BCUT2D eigenvalue weighted by Gasteiger charge is 2.38. The van der Waals surface area contributed by atoms with Gasteiger partial charge in [0, 0.05) is 13.2 Å². The van der Waals surface area contributed by atoms with Crippen molar-refractivity contribution in [3.05, 3.63) is 7.57 Å². The molecule has 0 fully saturated rings. The minimum atomic E-state index is -3.58. The van der Waals surface area contributed by atoms with Crippen molar-refractivity contribution in [2.75, 3.05) is 64.4 Å². The highest BCUT2D eigenvalue weighted by molar-refractivity contribution is 9.12. The van der Waals surface area contributed by atoms with Gasteiger partial charge in [-0.2, -0.15) is 16.8 Å². The van der Waals surface area contributed by atoms with Crippen LogP contribution in [0, 0.1) is 16.2 Å². The molecule has 0 spiro atoms. The molecule has 42 heavy (non-hydrogen) atoms. The van der Waals surface area contributed by atoms with Crippen molar-refractivity contribution in [3.63, 3.8) is 0 Å². The summed E-state index contributed by atoms with van der Waals surface area (Å²) in [4.78, 5) is 0. The summed E-state index contributed by atoms with van der Waals surface area (Å²) in [5, 5.41) is 0. The van der Waals surface area contributed by atoms with Gasteiger partial charge in [-0.25, -0.2) is 0 Å². The Morgan fingerprint density at radius 3 is 1.45 bits per heavy atom. The Balaban J connectivity index is 1.84. The van der Waals surface area contributed by atoms with E-state index in [-0.39, 0.29) is 62.0 Å². The van der Waals surface area contributed by atoms with Gasteiger partial charge < -0.3 is 18.9 Å². The van der Waals surface area contributed by atoms with Crippen molar-refractivity contribution in [1.29, 1.82) is 0 Å². The van der Waals surface area contributed by atoms with Gasteiger partial charge >= 0.3 is 0 Å². The number of hydrogen-bond donors (Lipinski definition) is 0. The van der Waals surface area contributed by atoms with E-state index >= 15 is 0 Å². The summed E-state index contributed by atoms with van der Waals surface area (Å²) in [7, 11) is -7.16. The minimum absolute atomic E-state index is 0.0636. The summed E-state index contributed by atoms with van der Waals surface area (Å²) in [6.45, 7) is 13.6. The molecule has 0 saturated heterocycles. The van der Waals surface area contributed by atoms with Crippen LogP contribution in [-0.2, 0) is 38.1 Å². The second-order valence-corrected chi connectivity index (χ2v) is 20.2. The third kappa shape index (κ3) is 14.9. The maximum absolute atomic E-state index is 12.1. The summed E-state index contributed by atoms with van der Waals surface area (Å²) in [6, 6.07) is 0. The Morgan fingerprint density at radius 1 is 0.714 bits per heavy atom. The highest BCUT2D eigenvalue weighted by Crippen LogP contribution is 2.50. The average Bonchev–Trinajstić information content (AvgIpc) is 3.01. The van der Waals surface area contributed by atoms with Gasteiger partial charge in [-0.15, -0.1) is 11.3 Å². The van der Waals surface area contributed by atoms with Gasteiger partial charge in [0.2, 0.25) is 0 Å². The van der Waals surface area contributed by atoms with Crippen molar-refractivity contribution < 1.29 is 44.1 Å². The number of fused-ring (bicyclic) bond motifs is 1. The van der Waals surface area contributed by atoms with Crippen LogP contribution < -0.4 is 9.47 Å². The lowest BCUT2D eigenvalue weighted by Crippen LogP contribution is -2.42. The highest BCUT2D eigenvalue weighted by atomic mass is 79.9. The molecule has 0 aliphatic carbocycles. The first-order chi connectivity index (χ1) is 19.3. The van der Waals surface area contributed by atoms with Crippen molar-refractivity contribution in [2.45, 2.75) is 67.2 Å². The summed E-state index contributed by atoms with van der Waals surface area (Å²) in [6.07, 6.45) is 1.93. The lowest BCUT2D eigenvalue weighted by molar-refractivity contribution is -0.0603. The van der Waals surface area contributed by atoms with Gasteiger partial charge in [0.25, 0.3) is 20.2 Å². The maximum atomic E-state index is 12.1. The lowest BCUT2D eigenvalue weighted by atomic mass is 9.92. The molecule has 2 rings (SSSR count). The number of hydrogen-bond acceptors (Lipinski definition) is 11. The summed E-state index contributed by atoms with van der Waals surface area (Å²) in [5.74, 6) is 1.11. The molecule has 1 aromatic heterocycles. The van der Waals surface area contributed by atoms with Crippen LogP contribution in [0.2, 0.25) is 0 Å². The molecular formula is C27H46Br2O10S3. The van der Waals surface area contributed by atoms with Crippen LogP contribution in [0.1, 0.15) is 67.2 Å². The predicted molar refractivity (Wildman–Crippen MR) is 172 cm³/mol. The average molecular weight is 787 g/mol. The van der Waals surface area contributed by atoms with Crippen LogP contribution in [0.5, 0.6) is 11.5 Å². The van der Waals surface area contributed by atoms with Crippen molar-refractivity contribution in [1.82, 2.24) is 0 Å². The van der Waals surface area contributed by atoms with E-state index in [2.05, 4.69) is 31.9 Å². The zero-order chi connectivity index (χ0) is 31.7. The Kier molecular flexibility index (Phi) is 15.0. The molecule has 1 aliphatic rings. The third-order valence-corrected chi connectivity index (χ3v) is 10.8. The van der Waals surface area contributed by atoms with Crippen LogP contribution in [0.25, 0.3) is 0 Å². The summed E-state index contributed by atoms with van der Waals surface area (Å²) < 4.78 is 84.7. The number of unbranched alkanes of at least 4 members (excludes halogenated alkanes) is 2.